The second kappa shape index (κ2) is 7.03. The van der Waals surface area contributed by atoms with Gasteiger partial charge in [0.1, 0.15) is 5.82 Å². The van der Waals surface area contributed by atoms with Crippen LogP contribution in [0.2, 0.25) is 0 Å². The molecule has 138 valence electrons. The van der Waals surface area contributed by atoms with E-state index >= 15 is 0 Å². The summed E-state index contributed by atoms with van der Waals surface area (Å²) in [6, 6.07) is 20.2. The molecule has 1 aromatic heterocycles. The number of hydrogen-bond donors (Lipinski definition) is 1. The number of para-hydroxylation sites is 1. The van der Waals surface area contributed by atoms with Crippen LogP contribution in [0, 0.1) is 12.3 Å². The molecule has 4 nitrogen and oxygen atoms in total. The summed E-state index contributed by atoms with van der Waals surface area (Å²) < 4.78 is 0. The Morgan fingerprint density at radius 1 is 1.07 bits per heavy atom. The molecule has 4 heteroatoms. The van der Waals surface area contributed by atoms with Gasteiger partial charge in [0.15, 0.2) is 0 Å². The zero-order valence-corrected chi connectivity index (χ0v) is 15.6. The summed E-state index contributed by atoms with van der Waals surface area (Å²) in [4.78, 5) is 19.2. The molecule has 1 N–H and O–H groups in total. The second-order valence-corrected chi connectivity index (χ2v) is 7.55. The summed E-state index contributed by atoms with van der Waals surface area (Å²) >= 11 is 0. The van der Waals surface area contributed by atoms with Gasteiger partial charge in [0.05, 0.1) is 10.9 Å². The molecule has 0 spiro atoms. The number of pyridine rings is 1. The molecule has 0 saturated carbocycles. The van der Waals surface area contributed by atoms with E-state index in [1.165, 1.54) is 10.9 Å². The van der Waals surface area contributed by atoms with Gasteiger partial charge in [-0.2, -0.15) is 0 Å². The van der Waals surface area contributed by atoms with Crippen molar-refractivity contribution in [1.82, 2.24) is 4.98 Å². The number of carboxylic acid groups (broad SMARTS) is 1. The van der Waals surface area contributed by atoms with Crippen LogP contribution >= 0.6 is 0 Å². The molecule has 0 radical (unpaired) electrons. The molecule has 1 saturated heterocycles. The number of piperidine rings is 1. The van der Waals surface area contributed by atoms with E-state index in [4.69, 9.17) is 4.98 Å². The number of aromatic nitrogens is 1. The van der Waals surface area contributed by atoms with Crippen molar-refractivity contribution in [3.8, 4) is 0 Å². The van der Waals surface area contributed by atoms with Crippen LogP contribution in [-0.4, -0.2) is 29.1 Å². The fraction of sp³-hybridized carbons (Fsp3) is 0.304. The Kier molecular flexibility index (Phi) is 4.56. The SMILES string of the molecule is Cc1cc(N2CCC(Cc3ccccc3)(C(=O)O)CC2)nc2ccccc12. The van der Waals surface area contributed by atoms with E-state index in [0.29, 0.717) is 32.4 Å². The predicted molar refractivity (Wildman–Crippen MR) is 108 cm³/mol. The number of anilines is 1. The van der Waals surface area contributed by atoms with Crippen molar-refractivity contribution in [3.05, 3.63) is 71.8 Å². The van der Waals surface area contributed by atoms with Gasteiger partial charge in [-0.1, -0.05) is 48.5 Å². The fourth-order valence-corrected chi connectivity index (χ4v) is 4.11. The average molecular weight is 360 g/mol. The van der Waals surface area contributed by atoms with Crippen molar-refractivity contribution in [2.24, 2.45) is 5.41 Å². The van der Waals surface area contributed by atoms with E-state index in [1.54, 1.807) is 0 Å². The molecule has 0 bridgehead atoms. The molecule has 0 atom stereocenters. The summed E-state index contributed by atoms with van der Waals surface area (Å²) in [5.41, 5.74) is 2.60. The van der Waals surface area contributed by atoms with Crippen LogP contribution in [0.25, 0.3) is 10.9 Å². The molecule has 0 aliphatic carbocycles. The van der Waals surface area contributed by atoms with Crippen molar-refractivity contribution in [3.63, 3.8) is 0 Å². The van der Waals surface area contributed by atoms with Gasteiger partial charge in [0, 0.05) is 18.5 Å². The zero-order chi connectivity index (χ0) is 18.9. The number of carboxylic acids is 1. The van der Waals surface area contributed by atoms with E-state index in [2.05, 4.69) is 24.0 Å². The molecule has 1 aliphatic heterocycles. The van der Waals surface area contributed by atoms with Gasteiger partial charge in [-0.25, -0.2) is 4.98 Å². The van der Waals surface area contributed by atoms with Crippen LogP contribution in [-0.2, 0) is 11.2 Å². The Bertz CT molecular complexity index is 961. The Balaban J connectivity index is 1.56. The molecule has 27 heavy (non-hydrogen) atoms. The summed E-state index contributed by atoms with van der Waals surface area (Å²) in [5.74, 6) is 0.263. The number of aliphatic carboxylic acids is 1. The van der Waals surface area contributed by atoms with E-state index in [-0.39, 0.29) is 0 Å². The van der Waals surface area contributed by atoms with Crippen LogP contribution in [0.5, 0.6) is 0 Å². The number of rotatable bonds is 4. The molecule has 2 heterocycles. The van der Waals surface area contributed by atoms with E-state index in [9.17, 15) is 9.90 Å². The van der Waals surface area contributed by atoms with Gasteiger partial charge in [-0.3, -0.25) is 4.79 Å². The molecule has 2 aromatic carbocycles. The molecular formula is C23H24N2O2. The minimum absolute atomic E-state index is 0.585. The predicted octanol–water partition coefficient (Wildman–Crippen LogP) is 4.46. The van der Waals surface area contributed by atoms with Gasteiger partial charge >= 0.3 is 5.97 Å². The normalized spacial score (nSPS) is 16.4. The maximum Gasteiger partial charge on any atom is 0.310 e. The third kappa shape index (κ3) is 3.39. The first-order valence-electron chi connectivity index (χ1n) is 9.46. The first-order chi connectivity index (χ1) is 13.1. The van der Waals surface area contributed by atoms with Gasteiger partial charge in [-0.05, 0) is 49.4 Å². The van der Waals surface area contributed by atoms with Crippen molar-refractivity contribution < 1.29 is 9.90 Å². The highest BCUT2D eigenvalue weighted by Crippen LogP contribution is 2.37. The molecule has 4 rings (SSSR count). The Hall–Kier alpha value is -2.88. The van der Waals surface area contributed by atoms with E-state index < -0.39 is 11.4 Å². The molecule has 3 aromatic rings. The van der Waals surface area contributed by atoms with Crippen LogP contribution in [0.1, 0.15) is 24.0 Å². The lowest BCUT2D eigenvalue weighted by Crippen LogP contribution is -2.46. The maximum absolute atomic E-state index is 12.1. The standard InChI is InChI=1S/C23H24N2O2/c1-17-15-21(24-20-10-6-5-9-19(17)20)25-13-11-23(12-14-25,22(26)27)16-18-7-3-2-4-8-18/h2-10,15H,11-14,16H2,1H3,(H,26,27). The third-order valence-electron chi connectivity index (χ3n) is 5.79. The lowest BCUT2D eigenvalue weighted by molar-refractivity contribution is -0.150. The van der Waals surface area contributed by atoms with Gasteiger partial charge in [-0.15, -0.1) is 0 Å². The number of carbonyl (C=O) groups is 1. The first kappa shape index (κ1) is 17.5. The lowest BCUT2D eigenvalue weighted by Gasteiger charge is -2.39. The number of fused-ring (bicyclic) bond motifs is 1. The zero-order valence-electron chi connectivity index (χ0n) is 15.6. The quantitative estimate of drug-likeness (QED) is 0.746. The number of nitrogens with zero attached hydrogens (tertiary/aromatic N) is 2. The number of hydrogen-bond acceptors (Lipinski definition) is 3. The Morgan fingerprint density at radius 2 is 1.74 bits per heavy atom. The highest BCUT2D eigenvalue weighted by Gasteiger charge is 2.41. The van der Waals surface area contributed by atoms with Gasteiger partial charge < -0.3 is 10.0 Å². The van der Waals surface area contributed by atoms with Crippen molar-refractivity contribution >= 4 is 22.7 Å². The topological polar surface area (TPSA) is 53.4 Å². The van der Waals surface area contributed by atoms with Crippen molar-refractivity contribution in [2.75, 3.05) is 18.0 Å². The minimum atomic E-state index is -0.691. The summed E-state index contributed by atoms with van der Waals surface area (Å²) in [6.45, 7) is 3.53. The smallest absolute Gasteiger partial charge is 0.310 e. The molecular weight excluding hydrogens is 336 g/mol. The van der Waals surface area contributed by atoms with Crippen molar-refractivity contribution in [1.29, 1.82) is 0 Å². The van der Waals surface area contributed by atoms with E-state index in [1.807, 2.05) is 48.5 Å². The molecule has 0 amide bonds. The number of aryl methyl sites for hydroxylation is 1. The van der Waals surface area contributed by atoms with Crippen LogP contribution in [0.3, 0.4) is 0 Å². The lowest BCUT2D eigenvalue weighted by atomic mass is 9.74. The Morgan fingerprint density at radius 3 is 2.44 bits per heavy atom. The fourth-order valence-electron chi connectivity index (χ4n) is 4.11. The van der Waals surface area contributed by atoms with Crippen LogP contribution in [0.15, 0.2) is 60.7 Å². The molecule has 1 fully saturated rings. The van der Waals surface area contributed by atoms with Crippen molar-refractivity contribution in [2.45, 2.75) is 26.2 Å². The molecule has 1 aliphatic rings. The maximum atomic E-state index is 12.1. The molecule has 0 unspecified atom stereocenters. The van der Waals surface area contributed by atoms with Gasteiger partial charge in [0.25, 0.3) is 0 Å². The third-order valence-corrected chi connectivity index (χ3v) is 5.79. The Labute approximate surface area is 159 Å². The highest BCUT2D eigenvalue weighted by atomic mass is 16.4. The summed E-state index contributed by atoms with van der Waals surface area (Å²) in [7, 11) is 0. The van der Waals surface area contributed by atoms with Crippen LogP contribution < -0.4 is 4.90 Å². The monoisotopic (exact) mass is 360 g/mol. The average Bonchev–Trinajstić information content (AvgIpc) is 2.69. The minimum Gasteiger partial charge on any atom is -0.481 e. The highest BCUT2D eigenvalue weighted by molar-refractivity contribution is 5.84. The summed E-state index contributed by atoms with van der Waals surface area (Å²) in [5, 5.41) is 11.1. The summed E-state index contributed by atoms with van der Waals surface area (Å²) in [6.07, 6.45) is 1.84. The number of benzene rings is 2. The largest absolute Gasteiger partial charge is 0.481 e. The van der Waals surface area contributed by atoms with Crippen LogP contribution in [0.4, 0.5) is 5.82 Å². The second-order valence-electron chi connectivity index (χ2n) is 7.55. The van der Waals surface area contributed by atoms with E-state index in [0.717, 1.165) is 16.9 Å². The van der Waals surface area contributed by atoms with Gasteiger partial charge in [0.2, 0.25) is 0 Å². The first-order valence-corrected chi connectivity index (χ1v) is 9.46.